The van der Waals surface area contributed by atoms with Crippen molar-refractivity contribution in [2.45, 2.75) is 51.4 Å². The van der Waals surface area contributed by atoms with E-state index in [4.69, 9.17) is 0 Å². The van der Waals surface area contributed by atoms with Gasteiger partial charge in [-0.25, -0.2) is 0 Å². The van der Waals surface area contributed by atoms with Crippen molar-refractivity contribution >= 4 is 11.1 Å². The molecule has 0 heteroatoms. The van der Waals surface area contributed by atoms with E-state index in [1.165, 1.54) is 62.5 Å². The second kappa shape index (κ2) is 7.21. The lowest BCUT2D eigenvalue weighted by atomic mass is 9.84. The Morgan fingerprint density at radius 1 is 0.458 bits per heavy atom. The largest absolute Gasteiger partial charge is 0.0622 e. The van der Waals surface area contributed by atoms with Crippen LogP contribution < -0.4 is 0 Å². The molecule has 0 aromatic heterocycles. The number of benzene rings is 2. The molecule has 0 heterocycles. The monoisotopic (exact) mass is 314 g/mol. The molecular formula is C24H26. The molecule has 122 valence electrons. The van der Waals surface area contributed by atoms with Gasteiger partial charge in [0.1, 0.15) is 0 Å². The maximum atomic E-state index is 2.30. The van der Waals surface area contributed by atoms with Gasteiger partial charge in [-0.1, -0.05) is 71.8 Å². The molecule has 2 aromatic carbocycles. The van der Waals surface area contributed by atoms with Crippen LogP contribution in [-0.2, 0) is 0 Å². The molecule has 2 aliphatic carbocycles. The van der Waals surface area contributed by atoms with Gasteiger partial charge in [0.15, 0.2) is 0 Å². The van der Waals surface area contributed by atoms with Crippen molar-refractivity contribution in [2.24, 2.45) is 0 Å². The average molecular weight is 314 g/mol. The predicted molar refractivity (Wildman–Crippen MR) is 104 cm³/mol. The summed E-state index contributed by atoms with van der Waals surface area (Å²) in [5, 5.41) is 0. The fourth-order valence-electron chi connectivity index (χ4n) is 4.36. The van der Waals surface area contributed by atoms with Crippen LogP contribution in [-0.4, -0.2) is 0 Å². The normalized spacial score (nSPS) is 17.3. The molecule has 2 saturated carbocycles. The van der Waals surface area contributed by atoms with Gasteiger partial charge < -0.3 is 0 Å². The average Bonchev–Trinajstić information content (AvgIpc) is 3.35. The first-order valence-corrected chi connectivity index (χ1v) is 9.49. The Kier molecular flexibility index (Phi) is 4.64. The van der Waals surface area contributed by atoms with Crippen LogP contribution in [0.4, 0.5) is 0 Å². The van der Waals surface area contributed by atoms with E-state index in [1.807, 2.05) is 0 Å². The topological polar surface area (TPSA) is 0 Å². The molecule has 0 radical (unpaired) electrons. The van der Waals surface area contributed by atoms with Crippen molar-refractivity contribution in [3.05, 3.63) is 82.9 Å². The SMILES string of the molecule is c1ccc(C(=C2CCCC2)C(=C2CCCC2)c2ccccc2)cc1. The lowest BCUT2D eigenvalue weighted by Crippen LogP contribution is -1.98. The van der Waals surface area contributed by atoms with Crippen molar-refractivity contribution in [2.75, 3.05) is 0 Å². The first kappa shape index (κ1) is 15.4. The summed E-state index contributed by atoms with van der Waals surface area (Å²) in [5.74, 6) is 0. The molecule has 0 spiro atoms. The molecule has 2 aromatic rings. The molecule has 0 bridgehead atoms. The van der Waals surface area contributed by atoms with Gasteiger partial charge >= 0.3 is 0 Å². The fraction of sp³-hybridized carbons (Fsp3) is 0.333. The third-order valence-electron chi connectivity index (χ3n) is 5.50. The second-order valence-electron chi connectivity index (χ2n) is 7.10. The predicted octanol–water partition coefficient (Wildman–Crippen LogP) is 7.04. The molecule has 4 rings (SSSR count). The third kappa shape index (κ3) is 3.11. The molecule has 0 aliphatic heterocycles. The summed E-state index contributed by atoms with van der Waals surface area (Å²) in [5.41, 5.74) is 9.28. The van der Waals surface area contributed by atoms with Gasteiger partial charge in [0.2, 0.25) is 0 Å². The van der Waals surface area contributed by atoms with E-state index in [-0.39, 0.29) is 0 Å². The Labute approximate surface area is 145 Å². The van der Waals surface area contributed by atoms with Crippen LogP contribution in [0, 0.1) is 0 Å². The molecule has 2 aliphatic rings. The van der Waals surface area contributed by atoms with E-state index in [0.29, 0.717) is 0 Å². The number of rotatable bonds is 3. The molecule has 2 fully saturated rings. The van der Waals surface area contributed by atoms with Crippen molar-refractivity contribution in [1.29, 1.82) is 0 Å². The molecule has 0 saturated heterocycles. The summed E-state index contributed by atoms with van der Waals surface area (Å²) in [6.45, 7) is 0. The highest BCUT2D eigenvalue weighted by molar-refractivity contribution is 6.07. The zero-order chi connectivity index (χ0) is 16.2. The van der Waals surface area contributed by atoms with Gasteiger partial charge in [0.25, 0.3) is 0 Å². The minimum atomic E-state index is 1.27. The van der Waals surface area contributed by atoms with Gasteiger partial charge in [-0.15, -0.1) is 0 Å². The Balaban J connectivity index is 1.94. The molecule has 0 unspecified atom stereocenters. The van der Waals surface area contributed by atoms with Gasteiger partial charge in [-0.2, -0.15) is 0 Å². The number of hydrogen-bond donors (Lipinski definition) is 0. The minimum Gasteiger partial charge on any atom is -0.0622 e. The molecular weight excluding hydrogens is 288 g/mol. The third-order valence-corrected chi connectivity index (χ3v) is 5.50. The minimum absolute atomic E-state index is 1.27. The van der Waals surface area contributed by atoms with Crippen LogP contribution in [0.2, 0.25) is 0 Å². The van der Waals surface area contributed by atoms with Crippen molar-refractivity contribution in [3.63, 3.8) is 0 Å². The maximum Gasteiger partial charge on any atom is -0.0114 e. The first-order valence-electron chi connectivity index (χ1n) is 9.49. The van der Waals surface area contributed by atoms with E-state index in [2.05, 4.69) is 60.7 Å². The van der Waals surface area contributed by atoms with Crippen molar-refractivity contribution < 1.29 is 0 Å². The van der Waals surface area contributed by atoms with Crippen LogP contribution in [0.1, 0.15) is 62.5 Å². The van der Waals surface area contributed by atoms with Crippen LogP contribution in [0.15, 0.2) is 71.8 Å². The Bertz CT molecular complexity index is 664. The zero-order valence-electron chi connectivity index (χ0n) is 14.4. The smallest absolute Gasteiger partial charge is 0.0114 e. The summed E-state index contributed by atoms with van der Waals surface area (Å²) < 4.78 is 0. The summed E-state index contributed by atoms with van der Waals surface area (Å²) in [4.78, 5) is 0. The fourth-order valence-corrected chi connectivity index (χ4v) is 4.36. The summed E-state index contributed by atoms with van der Waals surface area (Å²) in [6.07, 6.45) is 10.5. The zero-order valence-corrected chi connectivity index (χ0v) is 14.4. The van der Waals surface area contributed by atoms with Crippen molar-refractivity contribution in [1.82, 2.24) is 0 Å². The molecule has 24 heavy (non-hydrogen) atoms. The Morgan fingerprint density at radius 3 is 1.12 bits per heavy atom. The van der Waals surface area contributed by atoms with Crippen LogP contribution in [0.25, 0.3) is 11.1 Å². The standard InChI is InChI=1S/C24H26/c1-3-11-19(12-4-1)23(21-15-7-8-16-21)24(22-17-9-10-18-22)20-13-5-2-6-14-20/h1-6,11-14H,7-10,15-18H2. The van der Waals surface area contributed by atoms with Gasteiger partial charge in [-0.05, 0) is 73.6 Å². The van der Waals surface area contributed by atoms with E-state index < -0.39 is 0 Å². The van der Waals surface area contributed by atoms with Crippen LogP contribution >= 0.6 is 0 Å². The number of allylic oxidation sites excluding steroid dienone is 4. The van der Waals surface area contributed by atoms with Gasteiger partial charge in [0.05, 0.1) is 0 Å². The highest BCUT2D eigenvalue weighted by Crippen LogP contribution is 2.44. The lowest BCUT2D eigenvalue weighted by Gasteiger charge is -2.20. The maximum absolute atomic E-state index is 2.30. The van der Waals surface area contributed by atoms with E-state index in [1.54, 1.807) is 22.3 Å². The van der Waals surface area contributed by atoms with E-state index in [0.717, 1.165) is 0 Å². The first-order chi connectivity index (χ1) is 11.9. The molecule has 0 atom stereocenters. The van der Waals surface area contributed by atoms with Gasteiger partial charge in [-0.3, -0.25) is 0 Å². The van der Waals surface area contributed by atoms with E-state index >= 15 is 0 Å². The van der Waals surface area contributed by atoms with Crippen LogP contribution in [0.3, 0.4) is 0 Å². The van der Waals surface area contributed by atoms with Crippen molar-refractivity contribution in [3.8, 4) is 0 Å². The highest BCUT2D eigenvalue weighted by atomic mass is 14.3. The molecule has 0 nitrogen and oxygen atoms in total. The second-order valence-corrected chi connectivity index (χ2v) is 7.10. The van der Waals surface area contributed by atoms with Crippen LogP contribution in [0.5, 0.6) is 0 Å². The quantitative estimate of drug-likeness (QED) is 0.570. The van der Waals surface area contributed by atoms with Gasteiger partial charge in [0, 0.05) is 0 Å². The molecule has 0 N–H and O–H groups in total. The highest BCUT2D eigenvalue weighted by Gasteiger charge is 2.22. The Hall–Kier alpha value is -2.08. The summed E-state index contributed by atoms with van der Waals surface area (Å²) in [6, 6.07) is 22.2. The van der Waals surface area contributed by atoms with E-state index in [9.17, 15) is 0 Å². The summed E-state index contributed by atoms with van der Waals surface area (Å²) >= 11 is 0. The lowest BCUT2D eigenvalue weighted by molar-refractivity contribution is 0.886. The summed E-state index contributed by atoms with van der Waals surface area (Å²) in [7, 11) is 0. The Morgan fingerprint density at radius 2 is 0.792 bits per heavy atom. The molecule has 0 amide bonds. The number of hydrogen-bond acceptors (Lipinski definition) is 0.